The number of thioether (sulfide) groups is 1. The number of aromatic nitrogens is 2. The molecule has 1 aliphatic rings. The number of hydrogen-bond donors (Lipinski definition) is 1. The minimum atomic E-state index is -0.441. The van der Waals surface area contributed by atoms with Gasteiger partial charge in [0.2, 0.25) is 5.91 Å². The van der Waals surface area contributed by atoms with Crippen molar-refractivity contribution in [2.24, 2.45) is 0 Å². The number of carbonyl (C=O) groups is 1. The topological polar surface area (TPSA) is 64.0 Å². The summed E-state index contributed by atoms with van der Waals surface area (Å²) < 4.78 is 15.0. The highest BCUT2D eigenvalue weighted by Gasteiger charge is 2.26. The van der Waals surface area contributed by atoms with Crippen LogP contribution in [0, 0.1) is 5.82 Å². The molecule has 5 nitrogen and oxygen atoms in total. The monoisotopic (exact) mass is 439 g/mol. The molecule has 3 aromatic rings. The molecule has 1 fully saturated rings. The van der Waals surface area contributed by atoms with Gasteiger partial charge >= 0.3 is 0 Å². The second-order valence-corrected chi connectivity index (χ2v) is 9.37. The third-order valence-electron chi connectivity index (χ3n) is 5.85. The van der Waals surface area contributed by atoms with E-state index in [1.54, 1.807) is 16.7 Å². The Morgan fingerprint density at radius 1 is 1.13 bits per heavy atom. The van der Waals surface area contributed by atoms with E-state index in [4.69, 9.17) is 4.98 Å². The number of rotatable bonds is 6. The van der Waals surface area contributed by atoms with E-state index in [9.17, 15) is 14.0 Å². The van der Waals surface area contributed by atoms with Gasteiger partial charge in [-0.25, -0.2) is 9.37 Å². The van der Waals surface area contributed by atoms with Crippen LogP contribution in [0.4, 0.5) is 4.39 Å². The first-order valence-corrected chi connectivity index (χ1v) is 11.6. The predicted molar refractivity (Wildman–Crippen MR) is 122 cm³/mol. The van der Waals surface area contributed by atoms with Crippen molar-refractivity contribution in [1.29, 1.82) is 0 Å². The van der Waals surface area contributed by atoms with Crippen LogP contribution in [0.3, 0.4) is 0 Å². The molecule has 1 amide bonds. The summed E-state index contributed by atoms with van der Waals surface area (Å²) in [6.45, 7) is 3.68. The minimum Gasteiger partial charge on any atom is -0.349 e. The van der Waals surface area contributed by atoms with Crippen molar-refractivity contribution in [3.05, 3.63) is 70.3 Å². The third-order valence-corrected chi connectivity index (χ3v) is 6.91. The smallest absolute Gasteiger partial charge is 0.262 e. The van der Waals surface area contributed by atoms with E-state index < -0.39 is 5.25 Å². The van der Waals surface area contributed by atoms with Crippen LogP contribution in [0.25, 0.3) is 10.9 Å². The number of halogens is 1. The molecule has 162 valence electrons. The number of amides is 1. The average Bonchev–Trinajstić information content (AvgIpc) is 3.28. The normalized spacial score (nSPS) is 16.4. The molecule has 0 radical (unpaired) electrons. The van der Waals surface area contributed by atoms with Gasteiger partial charge in [-0.2, -0.15) is 0 Å². The fraction of sp³-hybridized carbons (Fsp3) is 0.375. The molecule has 0 spiro atoms. The summed E-state index contributed by atoms with van der Waals surface area (Å²) in [6.07, 6.45) is 4.10. The highest BCUT2D eigenvalue weighted by Crippen LogP contribution is 2.33. The first-order valence-electron chi connectivity index (χ1n) is 10.7. The highest BCUT2D eigenvalue weighted by atomic mass is 32.2. The number of carbonyl (C=O) groups excluding carboxylic acids is 1. The van der Waals surface area contributed by atoms with E-state index in [-0.39, 0.29) is 29.4 Å². The van der Waals surface area contributed by atoms with Crippen molar-refractivity contribution in [3.63, 3.8) is 0 Å². The molecule has 31 heavy (non-hydrogen) atoms. The fourth-order valence-corrected chi connectivity index (χ4v) is 5.06. The zero-order valence-electron chi connectivity index (χ0n) is 17.7. The van der Waals surface area contributed by atoms with Gasteiger partial charge in [-0.3, -0.25) is 14.2 Å². The van der Waals surface area contributed by atoms with Gasteiger partial charge in [0.05, 0.1) is 22.2 Å². The maximum absolute atomic E-state index is 13.3. The fourth-order valence-electron chi connectivity index (χ4n) is 4.07. The van der Waals surface area contributed by atoms with Gasteiger partial charge in [0.1, 0.15) is 5.82 Å². The van der Waals surface area contributed by atoms with Gasteiger partial charge in [-0.15, -0.1) is 0 Å². The van der Waals surface area contributed by atoms with Crippen molar-refractivity contribution in [1.82, 2.24) is 14.9 Å². The number of fused-ring (bicyclic) bond motifs is 1. The summed E-state index contributed by atoms with van der Waals surface area (Å²) in [4.78, 5) is 30.9. The van der Waals surface area contributed by atoms with Crippen LogP contribution in [0.1, 0.15) is 57.2 Å². The van der Waals surface area contributed by atoms with E-state index in [2.05, 4.69) is 5.32 Å². The molecule has 1 aliphatic carbocycles. The molecule has 2 aromatic carbocycles. The second kappa shape index (κ2) is 9.22. The van der Waals surface area contributed by atoms with Crippen molar-refractivity contribution in [3.8, 4) is 0 Å². The number of nitrogens with zero attached hydrogens (tertiary/aromatic N) is 2. The van der Waals surface area contributed by atoms with Crippen LogP contribution in [0.5, 0.6) is 0 Å². The molecular formula is C24H26FN3O2S. The number of hydrogen-bond acceptors (Lipinski definition) is 4. The molecule has 0 bridgehead atoms. The Balaban J connectivity index is 1.58. The lowest BCUT2D eigenvalue weighted by molar-refractivity contribution is -0.120. The van der Waals surface area contributed by atoms with Crippen LogP contribution in [-0.4, -0.2) is 20.7 Å². The Morgan fingerprint density at radius 3 is 2.52 bits per heavy atom. The van der Waals surface area contributed by atoms with E-state index in [1.807, 2.05) is 38.1 Å². The number of benzene rings is 2. The molecular weight excluding hydrogens is 413 g/mol. The molecule has 0 aliphatic heterocycles. The Kier molecular flexibility index (Phi) is 6.41. The van der Waals surface area contributed by atoms with Crippen LogP contribution < -0.4 is 10.9 Å². The predicted octanol–water partition coefficient (Wildman–Crippen LogP) is 5.01. The number of nitrogens with one attached hydrogen (secondary N) is 1. The summed E-state index contributed by atoms with van der Waals surface area (Å²) in [7, 11) is 0. The Bertz CT molecular complexity index is 1140. The molecule has 2 atom stereocenters. The standard InChI is InChI=1S/C24H26FN3O2S/c1-15(17-11-13-18(25)14-12-17)26-22(29)16(2)31-24-27-21-10-6-5-9-20(21)23(30)28(24)19-7-3-4-8-19/h5-6,9-16,19H,3-4,7-8H2,1-2H3,(H,26,29)/t15-,16-/m0/s1. The van der Waals surface area contributed by atoms with Crippen LogP contribution in [-0.2, 0) is 4.79 Å². The van der Waals surface area contributed by atoms with Crippen molar-refractivity contribution < 1.29 is 9.18 Å². The van der Waals surface area contributed by atoms with E-state index in [1.165, 1.54) is 23.9 Å². The van der Waals surface area contributed by atoms with Gasteiger partial charge in [-0.1, -0.05) is 48.9 Å². The summed E-state index contributed by atoms with van der Waals surface area (Å²) in [5, 5.41) is 3.74. The lowest BCUT2D eigenvalue weighted by Gasteiger charge is -2.21. The third kappa shape index (κ3) is 4.66. The zero-order valence-corrected chi connectivity index (χ0v) is 18.5. The molecule has 1 N–H and O–H groups in total. The lowest BCUT2D eigenvalue weighted by Crippen LogP contribution is -2.34. The van der Waals surface area contributed by atoms with Crippen LogP contribution >= 0.6 is 11.8 Å². The first-order chi connectivity index (χ1) is 14.9. The maximum Gasteiger partial charge on any atom is 0.262 e. The van der Waals surface area contributed by atoms with E-state index in [0.29, 0.717) is 16.1 Å². The van der Waals surface area contributed by atoms with Gasteiger partial charge in [0.15, 0.2) is 5.16 Å². The van der Waals surface area contributed by atoms with Gasteiger partial charge in [-0.05, 0) is 56.5 Å². The summed E-state index contributed by atoms with van der Waals surface area (Å²) in [5.41, 5.74) is 1.45. The minimum absolute atomic E-state index is 0.0349. The van der Waals surface area contributed by atoms with E-state index in [0.717, 1.165) is 31.2 Å². The van der Waals surface area contributed by atoms with Crippen molar-refractivity contribution in [2.75, 3.05) is 0 Å². The summed E-state index contributed by atoms with van der Waals surface area (Å²) in [5.74, 6) is -0.458. The molecule has 4 rings (SSSR count). The molecule has 1 saturated carbocycles. The summed E-state index contributed by atoms with van der Waals surface area (Å²) in [6, 6.07) is 13.3. The van der Waals surface area contributed by atoms with Gasteiger partial charge < -0.3 is 5.32 Å². The Labute approximate surface area is 185 Å². The highest BCUT2D eigenvalue weighted by molar-refractivity contribution is 8.00. The molecule has 0 saturated heterocycles. The largest absolute Gasteiger partial charge is 0.349 e. The van der Waals surface area contributed by atoms with Crippen molar-refractivity contribution in [2.45, 2.75) is 62.0 Å². The van der Waals surface area contributed by atoms with Crippen molar-refractivity contribution >= 4 is 28.6 Å². The van der Waals surface area contributed by atoms with Crippen LogP contribution in [0.2, 0.25) is 0 Å². The molecule has 1 heterocycles. The number of para-hydroxylation sites is 1. The maximum atomic E-state index is 13.3. The average molecular weight is 440 g/mol. The van der Waals surface area contributed by atoms with Gasteiger partial charge in [0.25, 0.3) is 5.56 Å². The van der Waals surface area contributed by atoms with E-state index >= 15 is 0 Å². The Morgan fingerprint density at radius 2 is 1.81 bits per heavy atom. The second-order valence-electron chi connectivity index (χ2n) is 8.07. The molecule has 1 aromatic heterocycles. The molecule has 7 heteroatoms. The molecule has 0 unspecified atom stereocenters. The van der Waals surface area contributed by atoms with Crippen LogP contribution in [0.15, 0.2) is 58.5 Å². The quantitative estimate of drug-likeness (QED) is 0.433. The van der Waals surface area contributed by atoms with Gasteiger partial charge in [0, 0.05) is 6.04 Å². The SMILES string of the molecule is C[C@H](Sc1nc2ccccc2c(=O)n1C1CCCC1)C(=O)N[C@@H](C)c1ccc(F)cc1. The lowest BCUT2D eigenvalue weighted by atomic mass is 10.1. The first kappa shape index (κ1) is 21.6. The summed E-state index contributed by atoms with van der Waals surface area (Å²) >= 11 is 1.31. The Hall–Kier alpha value is -2.67. The zero-order chi connectivity index (χ0) is 22.0.